The molecule has 4 rings (SSSR count). The molecule has 2 aliphatic heterocycles. The van der Waals surface area contributed by atoms with E-state index in [4.69, 9.17) is 11.6 Å². The summed E-state index contributed by atoms with van der Waals surface area (Å²) >= 11 is 6.01. The summed E-state index contributed by atoms with van der Waals surface area (Å²) in [6, 6.07) is 12.1. The molecule has 2 saturated heterocycles. The number of aliphatic hydroxyl groups is 1. The van der Waals surface area contributed by atoms with Crippen molar-refractivity contribution in [3.8, 4) is 5.75 Å². The van der Waals surface area contributed by atoms with Crippen molar-refractivity contribution >= 4 is 28.9 Å². The number of hydrogen-bond acceptors (Lipinski definition) is 5. The standard InChI is InChI=1S/C24H27ClF3N3O3/c25-16-3-5-17(6-4-16)31(18-7-9-20(10-8-18)34-24(26,27)28)23(33)14-19(15-32)30-13-1-2-21-22(30)11-12-29-21/h3-10,19,21-22,29,32H,1-2,11-15H2. The minimum atomic E-state index is -4.80. The van der Waals surface area contributed by atoms with Crippen molar-refractivity contribution in [1.29, 1.82) is 0 Å². The van der Waals surface area contributed by atoms with Crippen LogP contribution >= 0.6 is 11.6 Å². The maximum atomic E-state index is 13.6. The number of amides is 1. The molecule has 0 saturated carbocycles. The number of anilines is 2. The first-order chi connectivity index (χ1) is 16.2. The van der Waals surface area contributed by atoms with Gasteiger partial charge in [0.15, 0.2) is 0 Å². The highest BCUT2D eigenvalue weighted by molar-refractivity contribution is 6.30. The van der Waals surface area contributed by atoms with Crippen LogP contribution in [0.25, 0.3) is 0 Å². The van der Waals surface area contributed by atoms with Crippen LogP contribution in [0.3, 0.4) is 0 Å². The lowest BCUT2D eigenvalue weighted by atomic mass is 9.94. The zero-order valence-corrected chi connectivity index (χ0v) is 19.2. The summed E-state index contributed by atoms with van der Waals surface area (Å²) < 4.78 is 41.6. The van der Waals surface area contributed by atoms with Gasteiger partial charge in [-0.15, -0.1) is 13.2 Å². The average molecular weight is 498 g/mol. The molecule has 10 heteroatoms. The van der Waals surface area contributed by atoms with Gasteiger partial charge in [0.25, 0.3) is 0 Å². The number of fused-ring (bicyclic) bond motifs is 1. The smallest absolute Gasteiger partial charge is 0.406 e. The lowest BCUT2D eigenvalue weighted by molar-refractivity contribution is -0.274. The Hall–Kier alpha value is -2.33. The summed E-state index contributed by atoms with van der Waals surface area (Å²) in [7, 11) is 0. The lowest BCUT2D eigenvalue weighted by Gasteiger charge is -2.42. The molecule has 0 radical (unpaired) electrons. The van der Waals surface area contributed by atoms with Gasteiger partial charge in [0.05, 0.1) is 6.61 Å². The first-order valence-corrected chi connectivity index (χ1v) is 11.7. The van der Waals surface area contributed by atoms with Crippen LogP contribution in [-0.2, 0) is 4.79 Å². The predicted molar refractivity (Wildman–Crippen MR) is 123 cm³/mol. The molecule has 3 unspecified atom stereocenters. The number of likely N-dealkylation sites (tertiary alicyclic amines) is 1. The van der Waals surface area contributed by atoms with Crippen LogP contribution in [-0.4, -0.2) is 60.1 Å². The van der Waals surface area contributed by atoms with E-state index in [1.165, 1.54) is 29.2 Å². The number of piperidine rings is 1. The number of ether oxygens (including phenoxy) is 1. The second kappa shape index (κ2) is 10.5. The molecule has 0 aromatic heterocycles. The molecule has 1 amide bonds. The first kappa shape index (κ1) is 24.8. The third kappa shape index (κ3) is 5.83. The number of benzene rings is 2. The minimum absolute atomic E-state index is 0.0587. The number of hydrogen-bond donors (Lipinski definition) is 2. The molecule has 2 aliphatic rings. The van der Waals surface area contributed by atoms with Gasteiger partial charge in [0.1, 0.15) is 5.75 Å². The molecule has 0 aliphatic carbocycles. The summed E-state index contributed by atoms with van der Waals surface area (Å²) in [4.78, 5) is 17.2. The molecule has 2 aromatic carbocycles. The Morgan fingerprint density at radius 2 is 1.79 bits per heavy atom. The van der Waals surface area contributed by atoms with E-state index in [1.807, 2.05) is 0 Å². The molecule has 2 heterocycles. The first-order valence-electron chi connectivity index (χ1n) is 11.3. The quantitative estimate of drug-likeness (QED) is 0.590. The minimum Gasteiger partial charge on any atom is -0.406 e. The molecule has 184 valence electrons. The number of alkyl halides is 3. The van der Waals surface area contributed by atoms with Gasteiger partial charge in [-0.05, 0) is 80.9 Å². The van der Waals surface area contributed by atoms with Gasteiger partial charge in [-0.2, -0.15) is 0 Å². The summed E-state index contributed by atoms with van der Waals surface area (Å²) in [5, 5.41) is 14.2. The van der Waals surface area contributed by atoms with Crippen LogP contribution in [0.1, 0.15) is 25.7 Å². The van der Waals surface area contributed by atoms with Gasteiger partial charge >= 0.3 is 6.36 Å². The second-order valence-electron chi connectivity index (χ2n) is 8.58. The fraction of sp³-hybridized carbons (Fsp3) is 0.458. The number of rotatable bonds is 7. The summed E-state index contributed by atoms with van der Waals surface area (Å²) in [6.07, 6.45) is -1.71. The van der Waals surface area contributed by atoms with Crippen molar-refractivity contribution in [3.05, 3.63) is 53.6 Å². The number of halogens is 4. The molecule has 0 spiro atoms. The molecule has 3 atom stereocenters. The van der Waals surface area contributed by atoms with Gasteiger partial charge in [-0.3, -0.25) is 14.6 Å². The zero-order chi connectivity index (χ0) is 24.3. The molecule has 0 bridgehead atoms. The SMILES string of the molecule is O=C(CC(CO)N1CCCC2NCCC21)N(c1ccc(Cl)cc1)c1ccc(OC(F)(F)F)cc1. The number of carbonyl (C=O) groups is 1. The normalized spacial score (nSPS) is 21.7. The van der Waals surface area contributed by atoms with Crippen LogP contribution in [0.2, 0.25) is 5.02 Å². The van der Waals surface area contributed by atoms with E-state index in [0.717, 1.165) is 32.4 Å². The third-order valence-electron chi connectivity index (χ3n) is 6.42. The second-order valence-corrected chi connectivity index (χ2v) is 9.02. The molecular formula is C24H27ClF3N3O3. The number of aliphatic hydroxyl groups excluding tert-OH is 1. The highest BCUT2D eigenvalue weighted by Crippen LogP contribution is 2.32. The van der Waals surface area contributed by atoms with Gasteiger partial charge in [-0.1, -0.05) is 11.6 Å². The van der Waals surface area contributed by atoms with E-state index in [2.05, 4.69) is 15.0 Å². The van der Waals surface area contributed by atoms with E-state index >= 15 is 0 Å². The molecule has 2 aromatic rings. The summed E-state index contributed by atoms with van der Waals surface area (Å²) in [5.74, 6) is -0.653. The Bertz CT molecular complexity index is 972. The van der Waals surface area contributed by atoms with Crippen molar-refractivity contribution in [2.75, 3.05) is 24.6 Å². The van der Waals surface area contributed by atoms with Crippen LogP contribution in [0, 0.1) is 0 Å². The van der Waals surface area contributed by atoms with E-state index in [-0.39, 0.29) is 36.8 Å². The van der Waals surface area contributed by atoms with Crippen molar-refractivity contribution in [2.45, 2.75) is 50.2 Å². The van der Waals surface area contributed by atoms with E-state index in [1.54, 1.807) is 24.3 Å². The lowest BCUT2D eigenvalue weighted by Crippen LogP contribution is -2.54. The van der Waals surface area contributed by atoms with E-state index in [0.29, 0.717) is 22.4 Å². The Labute approximate surface area is 201 Å². The molecule has 34 heavy (non-hydrogen) atoms. The van der Waals surface area contributed by atoms with Gasteiger partial charge < -0.3 is 15.2 Å². The number of carbonyl (C=O) groups excluding carboxylic acids is 1. The Kier molecular flexibility index (Phi) is 7.67. The van der Waals surface area contributed by atoms with Gasteiger partial charge in [-0.25, -0.2) is 0 Å². The van der Waals surface area contributed by atoms with Crippen LogP contribution in [0.5, 0.6) is 5.75 Å². The highest BCUT2D eigenvalue weighted by atomic mass is 35.5. The van der Waals surface area contributed by atoms with Crippen LogP contribution < -0.4 is 15.0 Å². The van der Waals surface area contributed by atoms with Gasteiger partial charge in [0, 0.05) is 40.9 Å². The monoisotopic (exact) mass is 497 g/mol. The van der Waals surface area contributed by atoms with Gasteiger partial charge in [0.2, 0.25) is 5.91 Å². The van der Waals surface area contributed by atoms with Crippen LogP contribution in [0.4, 0.5) is 24.5 Å². The topological polar surface area (TPSA) is 65.0 Å². The van der Waals surface area contributed by atoms with Crippen molar-refractivity contribution in [2.24, 2.45) is 0 Å². The molecular weight excluding hydrogens is 471 g/mol. The maximum Gasteiger partial charge on any atom is 0.573 e. The zero-order valence-electron chi connectivity index (χ0n) is 18.5. The van der Waals surface area contributed by atoms with Crippen molar-refractivity contribution in [3.63, 3.8) is 0 Å². The third-order valence-corrected chi connectivity index (χ3v) is 6.67. The van der Waals surface area contributed by atoms with E-state index < -0.39 is 6.36 Å². The van der Waals surface area contributed by atoms with E-state index in [9.17, 15) is 23.1 Å². The summed E-state index contributed by atoms with van der Waals surface area (Å²) in [6.45, 7) is 1.56. The fourth-order valence-electron chi connectivity index (χ4n) is 4.96. The highest BCUT2D eigenvalue weighted by Gasteiger charge is 2.39. The molecule has 2 N–H and O–H groups in total. The molecule has 6 nitrogen and oxygen atoms in total. The van der Waals surface area contributed by atoms with Crippen LogP contribution in [0.15, 0.2) is 48.5 Å². The average Bonchev–Trinajstić information content (AvgIpc) is 3.28. The Morgan fingerprint density at radius 1 is 1.15 bits per heavy atom. The van der Waals surface area contributed by atoms with Crippen molar-refractivity contribution < 1.29 is 27.8 Å². The Morgan fingerprint density at radius 3 is 2.41 bits per heavy atom. The van der Waals surface area contributed by atoms with Crippen molar-refractivity contribution in [1.82, 2.24) is 10.2 Å². The largest absolute Gasteiger partial charge is 0.573 e. The molecule has 2 fully saturated rings. The predicted octanol–water partition coefficient (Wildman–Crippen LogP) is 4.48. The maximum absolute atomic E-state index is 13.6. The Balaban J connectivity index is 1.58. The number of nitrogens with zero attached hydrogens (tertiary/aromatic N) is 2. The number of nitrogens with one attached hydrogen (secondary N) is 1. The summed E-state index contributed by atoms with van der Waals surface area (Å²) in [5.41, 5.74) is 0.909. The fourth-order valence-corrected chi connectivity index (χ4v) is 5.09.